The summed E-state index contributed by atoms with van der Waals surface area (Å²) in [6, 6.07) is 5.77. The van der Waals surface area contributed by atoms with Gasteiger partial charge in [0.1, 0.15) is 4.99 Å². The summed E-state index contributed by atoms with van der Waals surface area (Å²) in [7, 11) is 0. The zero-order chi connectivity index (χ0) is 14.4. The second-order valence-electron chi connectivity index (χ2n) is 5.74. The Morgan fingerprint density at radius 1 is 1.32 bits per heavy atom. The lowest BCUT2D eigenvalue weighted by molar-refractivity contribution is 0.571. The van der Waals surface area contributed by atoms with Gasteiger partial charge in [0.15, 0.2) is 0 Å². The number of pyridine rings is 1. The average molecular weight is 293 g/mol. The summed E-state index contributed by atoms with van der Waals surface area (Å²) >= 11 is 11.3. The molecule has 0 saturated carbocycles. The Kier molecular flexibility index (Phi) is 3.54. The molecule has 2 N–H and O–H groups in total. The molecule has 0 unspecified atom stereocenters. The van der Waals surface area contributed by atoms with Gasteiger partial charge in [0.2, 0.25) is 0 Å². The minimum absolute atomic E-state index is 0.0670. The van der Waals surface area contributed by atoms with Crippen molar-refractivity contribution >= 4 is 39.7 Å². The van der Waals surface area contributed by atoms with Crippen molar-refractivity contribution in [1.82, 2.24) is 4.98 Å². The fraction of sp³-hybridized carbons (Fsp3) is 0.333. The van der Waals surface area contributed by atoms with Gasteiger partial charge in [0.25, 0.3) is 0 Å². The Morgan fingerprint density at radius 3 is 2.47 bits per heavy atom. The lowest BCUT2D eigenvalue weighted by Crippen LogP contribution is -2.17. The Labute approximate surface area is 124 Å². The van der Waals surface area contributed by atoms with Gasteiger partial charge in [-0.15, -0.1) is 0 Å². The molecular formula is C15H17ClN2S. The topological polar surface area (TPSA) is 38.9 Å². The van der Waals surface area contributed by atoms with Gasteiger partial charge in [0, 0.05) is 27.1 Å². The van der Waals surface area contributed by atoms with Crippen molar-refractivity contribution in [3.05, 3.63) is 40.0 Å². The van der Waals surface area contributed by atoms with E-state index in [9.17, 15) is 0 Å². The van der Waals surface area contributed by atoms with Gasteiger partial charge in [-0.3, -0.25) is 4.98 Å². The predicted octanol–water partition coefficient (Wildman–Crippen LogP) is 4.13. The molecule has 0 aliphatic heterocycles. The van der Waals surface area contributed by atoms with Crippen molar-refractivity contribution in [3.8, 4) is 0 Å². The molecule has 4 heteroatoms. The van der Waals surface area contributed by atoms with E-state index in [-0.39, 0.29) is 5.41 Å². The third-order valence-corrected chi connectivity index (χ3v) is 3.83. The van der Waals surface area contributed by atoms with E-state index in [1.807, 2.05) is 25.1 Å². The molecule has 0 fully saturated rings. The molecule has 0 bridgehead atoms. The molecule has 1 heterocycles. The Morgan fingerprint density at radius 2 is 1.95 bits per heavy atom. The van der Waals surface area contributed by atoms with Gasteiger partial charge in [0.05, 0.1) is 5.52 Å². The number of thiocarbonyl (C=S) groups is 1. The number of hydrogen-bond acceptors (Lipinski definition) is 2. The quantitative estimate of drug-likeness (QED) is 0.803. The van der Waals surface area contributed by atoms with Crippen molar-refractivity contribution in [2.75, 3.05) is 0 Å². The number of halogens is 1. The lowest BCUT2D eigenvalue weighted by Gasteiger charge is -2.20. The van der Waals surface area contributed by atoms with Crippen LogP contribution in [0.15, 0.2) is 18.2 Å². The first-order valence-corrected chi connectivity index (χ1v) is 6.90. The largest absolute Gasteiger partial charge is 0.389 e. The highest BCUT2D eigenvalue weighted by Gasteiger charge is 2.19. The van der Waals surface area contributed by atoms with Gasteiger partial charge in [-0.1, -0.05) is 50.7 Å². The zero-order valence-corrected chi connectivity index (χ0v) is 13.1. The molecule has 0 radical (unpaired) electrons. The molecule has 0 saturated heterocycles. The summed E-state index contributed by atoms with van der Waals surface area (Å²) in [5, 5.41) is 1.67. The lowest BCUT2D eigenvalue weighted by atomic mass is 9.89. The van der Waals surface area contributed by atoms with Crippen LogP contribution in [0.4, 0.5) is 0 Å². The number of hydrogen-bond donors (Lipinski definition) is 1. The minimum atomic E-state index is -0.0670. The van der Waals surface area contributed by atoms with E-state index in [2.05, 4.69) is 20.8 Å². The van der Waals surface area contributed by atoms with Crippen LogP contribution in [0.5, 0.6) is 0 Å². The van der Waals surface area contributed by atoms with Crippen LogP contribution in [0.25, 0.3) is 10.9 Å². The van der Waals surface area contributed by atoms with Gasteiger partial charge >= 0.3 is 0 Å². The predicted molar refractivity (Wildman–Crippen MR) is 86.1 cm³/mol. The van der Waals surface area contributed by atoms with Gasteiger partial charge in [-0.05, 0) is 24.6 Å². The van der Waals surface area contributed by atoms with Crippen LogP contribution < -0.4 is 5.73 Å². The van der Waals surface area contributed by atoms with Crippen LogP contribution >= 0.6 is 23.8 Å². The van der Waals surface area contributed by atoms with Gasteiger partial charge in [-0.2, -0.15) is 0 Å². The molecular weight excluding hydrogens is 276 g/mol. The van der Waals surface area contributed by atoms with Crippen LogP contribution in [-0.2, 0) is 5.41 Å². The number of fused-ring (bicyclic) bond motifs is 1. The Hall–Kier alpha value is -1.19. The SMILES string of the molecule is Cc1c(Cl)ccc2c(C(N)=S)cc(C(C)(C)C)nc12. The fourth-order valence-corrected chi connectivity index (χ4v) is 2.31. The highest BCUT2D eigenvalue weighted by atomic mass is 35.5. The maximum Gasteiger partial charge on any atom is 0.104 e. The molecule has 0 amide bonds. The highest BCUT2D eigenvalue weighted by Crippen LogP contribution is 2.30. The number of nitrogens with two attached hydrogens (primary N) is 1. The summed E-state index contributed by atoms with van der Waals surface area (Å²) in [6.07, 6.45) is 0. The third kappa shape index (κ3) is 2.58. The number of benzene rings is 1. The molecule has 0 aliphatic carbocycles. The maximum atomic E-state index is 6.18. The summed E-state index contributed by atoms with van der Waals surface area (Å²) in [6.45, 7) is 8.31. The normalized spacial score (nSPS) is 11.8. The summed E-state index contributed by atoms with van der Waals surface area (Å²) < 4.78 is 0. The fourth-order valence-electron chi connectivity index (χ4n) is 1.99. The van der Waals surface area contributed by atoms with Crippen molar-refractivity contribution in [3.63, 3.8) is 0 Å². The molecule has 0 aliphatic rings. The van der Waals surface area contributed by atoms with E-state index < -0.39 is 0 Å². The third-order valence-electron chi connectivity index (χ3n) is 3.20. The van der Waals surface area contributed by atoms with Gasteiger partial charge in [-0.25, -0.2) is 0 Å². The minimum Gasteiger partial charge on any atom is -0.389 e. The van der Waals surface area contributed by atoms with Crippen LogP contribution in [0.2, 0.25) is 5.02 Å². The molecule has 19 heavy (non-hydrogen) atoms. The van der Waals surface area contributed by atoms with E-state index in [1.54, 1.807) is 0 Å². The van der Waals surface area contributed by atoms with Crippen LogP contribution in [0.3, 0.4) is 0 Å². The number of aryl methyl sites for hydroxylation is 1. The van der Waals surface area contributed by atoms with E-state index >= 15 is 0 Å². The first-order chi connectivity index (χ1) is 8.71. The van der Waals surface area contributed by atoms with Crippen molar-refractivity contribution < 1.29 is 0 Å². The van der Waals surface area contributed by atoms with E-state index in [0.717, 1.165) is 27.7 Å². The zero-order valence-electron chi connectivity index (χ0n) is 11.5. The number of rotatable bonds is 1. The van der Waals surface area contributed by atoms with Crippen LogP contribution in [-0.4, -0.2) is 9.97 Å². The highest BCUT2D eigenvalue weighted by molar-refractivity contribution is 7.80. The Balaban J connectivity index is 2.92. The second-order valence-corrected chi connectivity index (χ2v) is 6.58. The average Bonchev–Trinajstić information content (AvgIpc) is 2.31. The first-order valence-electron chi connectivity index (χ1n) is 6.12. The molecule has 0 spiro atoms. The molecule has 1 aromatic heterocycles. The standard InChI is InChI=1S/C15H17ClN2S/c1-8-11(16)6-5-9-10(14(17)19)7-12(15(2,3)4)18-13(8)9/h5-7H,1-4H3,(H2,17,19). The number of nitrogens with zero attached hydrogens (tertiary/aromatic N) is 1. The molecule has 2 rings (SSSR count). The van der Waals surface area contributed by atoms with E-state index in [0.29, 0.717) is 10.0 Å². The molecule has 0 atom stereocenters. The van der Waals surface area contributed by atoms with Crippen molar-refractivity contribution in [2.24, 2.45) is 5.73 Å². The number of aromatic nitrogens is 1. The van der Waals surface area contributed by atoms with Gasteiger partial charge < -0.3 is 5.73 Å². The van der Waals surface area contributed by atoms with Crippen molar-refractivity contribution in [2.45, 2.75) is 33.1 Å². The smallest absolute Gasteiger partial charge is 0.104 e. The molecule has 2 nitrogen and oxygen atoms in total. The summed E-state index contributed by atoms with van der Waals surface area (Å²) in [5.41, 5.74) is 9.45. The maximum absolute atomic E-state index is 6.18. The monoisotopic (exact) mass is 292 g/mol. The van der Waals surface area contributed by atoms with Crippen LogP contribution in [0, 0.1) is 6.92 Å². The van der Waals surface area contributed by atoms with E-state index in [4.69, 9.17) is 34.5 Å². The van der Waals surface area contributed by atoms with Crippen LogP contribution in [0.1, 0.15) is 37.6 Å². The van der Waals surface area contributed by atoms with Crippen molar-refractivity contribution in [1.29, 1.82) is 0 Å². The molecule has 2 aromatic rings. The van der Waals surface area contributed by atoms with E-state index in [1.165, 1.54) is 0 Å². The molecule has 1 aromatic carbocycles. The first kappa shape index (κ1) is 14.2. The Bertz CT molecular complexity index is 672. The summed E-state index contributed by atoms with van der Waals surface area (Å²) in [4.78, 5) is 5.14. The summed E-state index contributed by atoms with van der Waals surface area (Å²) in [5.74, 6) is 0. The second kappa shape index (κ2) is 4.73. The molecule has 100 valence electrons.